The van der Waals surface area contributed by atoms with Gasteiger partial charge in [0.15, 0.2) is 0 Å². The fraction of sp³-hybridized carbons (Fsp3) is 0.688. The normalized spacial score (nSPS) is 16.1. The molecule has 1 aromatic heterocycles. The second-order valence-electron chi connectivity index (χ2n) is 6.85. The molecule has 0 radical (unpaired) electrons. The van der Waals surface area contributed by atoms with Crippen molar-refractivity contribution in [2.75, 3.05) is 6.61 Å². The maximum Gasteiger partial charge on any atom is 0.216 e. The molecular weight excluding hydrogens is 222 g/mol. The van der Waals surface area contributed by atoms with Gasteiger partial charge in [-0.15, -0.1) is 0 Å². The smallest absolute Gasteiger partial charge is 0.216 e. The first-order valence-corrected chi connectivity index (χ1v) is 7.01. The summed E-state index contributed by atoms with van der Waals surface area (Å²) < 4.78 is 5.86. The first-order valence-electron chi connectivity index (χ1n) is 7.01. The monoisotopic (exact) mass is 247 g/mol. The van der Waals surface area contributed by atoms with Gasteiger partial charge in [0.1, 0.15) is 0 Å². The first kappa shape index (κ1) is 13.4. The summed E-state index contributed by atoms with van der Waals surface area (Å²) in [6.07, 6.45) is 4.54. The van der Waals surface area contributed by atoms with Crippen molar-refractivity contribution < 1.29 is 4.74 Å². The van der Waals surface area contributed by atoms with Crippen LogP contribution in [0.5, 0.6) is 5.88 Å². The molecular formula is C16H25NO. The Morgan fingerprint density at radius 3 is 2.50 bits per heavy atom. The summed E-state index contributed by atoms with van der Waals surface area (Å²) in [5.74, 6) is 2.09. The summed E-state index contributed by atoms with van der Waals surface area (Å²) in [6, 6.07) is 2.31. The molecule has 2 heteroatoms. The van der Waals surface area contributed by atoms with Gasteiger partial charge in [-0.2, -0.15) is 0 Å². The lowest BCUT2D eigenvalue weighted by Crippen LogP contribution is -2.13. The van der Waals surface area contributed by atoms with Crippen LogP contribution in [0.15, 0.2) is 12.3 Å². The van der Waals surface area contributed by atoms with Crippen molar-refractivity contribution in [1.29, 1.82) is 0 Å². The average Bonchev–Trinajstić information content (AvgIpc) is 3.08. The van der Waals surface area contributed by atoms with Gasteiger partial charge in [-0.25, -0.2) is 4.98 Å². The minimum Gasteiger partial charge on any atom is -0.477 e. The molecule has 1 aromatic rings. The molecule has 1 aliphatic carbocycles. The van der Waals surface area contributed by atoms with Crippen molar-refractivity contribution in [2.45, 2.75) is 58.8 Å². The third kappa shape index (κ3) is 3.24. The number of hydrogen-bond donors (Lipinski definition) is 0. The van der Waals surface area contributed by atoms with Crippen LogP contribution in [0.1, 0.15) is 64.5 Å². The van der Waals surface area contributed by atoms with E-state index in [0.29, 0.717) is 11.8 Å². The van der Waals surface area contributed by atoms with Gasteiger partial charge in [-0.3, -0.25) is 0 Å². The minimum atomic E-state index is 0.160. The molecule has 0 aromatic carbocycles. The zero-order valence-corrected chi connectivity index (χ0v) is 12.3. The molecule has 2 rings (SSSR count). The average molecular weight is 247 g/mol. The lowest BCUT2D eigenvalue weighted by molar-refractivity contribution is 0.258. The van der Waals surface area contributed by atoms with Crippen LogP contribution in [0.25, 0.3) is 0 Å². The molecule has 0 saturated heterocycles. The Labute approximate surface area is 111 Å². The number of hydrogen-bond acceptors (Lipinski definition) is 2. The molecule has 0 unspecified atom stereocenters. The molecule has 0 spiro atoms. The second kappa shape index (κ2) is 4.91. The highest BCUT2D eigenvalue weighted by Gasteiger charge is 2.29. The first-order chi connectivity index (χ1) is 8.38. The zero-order chi connectivity index (χ0) is 13.3. The number of ether oxygens (including phenoxy) is 1. The molecule has 0 N–H and O–H groups in total. The highest BCUT2D eigenvalue weighted by Crippen LogP contribution is 2.44. The molecule has 18 heavy (non-hydrogen) atoms. The van der Waals surface area contributed by atoms with Crippen LogP contribution in [0.2, 0.25) is 0 Å². The molecule has 0 aliphatic heterocycles. The van der Waals surface area contributed by atoms with Gasteiger partial charge in [-0.05, 0) is 41.7 Å². The van der Waals surface area contributed by atoms with Crippen LogP contribution in [-0.2, 0) is 5.41 Å². The predicted molar refractivity (Wildman–Crippen MR) is 75.2 cm³/mol. The maximum absolute atomic E-state index is 5.86. The van der Waals surface area contributed by atoms with E-state index in [0.717, 1.165) is 12.5 Å². The van der Waals surface area contributed by atoms with E-state index >= 15 is 0 Å². The van der Waals surface area contributed by atoms with Crippen LogP contribution in [0.4, 0.5) is 0 Å². The van der Waals surface area contributed by atoms with Gasteiger partial charge >= 0.3 is 0 Å². The van der Waals surface area contributed by atoms with Crippen molar-refractivity contribution in [2.24, 2.45) is 5.92 Å². The molecule has 2 nitrogen and oxygen atoms in total. The largest absolute Gasteiger partial charge is 0.477 e. The summed E-state index contributed by atoms with van der Waals surface area (Å²) in [6.45, 7) is 11.8. The minimum absolute atomic E-state index is 0.160. The number of pyridine rings is 1. The van der Waals surface area contributed by atoms with Crippen molar-refractivity contribution >= 4 is 0 Å². The Kier molecular flexibility index (Phi) is 3.65. The summed E-state index contributed by atoms with van der Waals surface area (Å²) in [5.41, 5.74) is 2.79. The number of rotatable bonds is 4. The Hall–Kier alpha value is -1.05. The van der Waals surface area contributed by atoms with E-state index in [4.69, 9.17) is 4.74 Å². The molecule has 100 valence electrons. The lowest BCUT2D eigenvalue weighted by Gasteiger charge is -2.21. The van der Waals surface area contributed by atoms with Gasteiger partial charge in [0.25, 0.3) is 0 Å². The van der Waals surface area contributed by atoms with Gasteiger partial charge in [0.2, 0.25) is 5.88 Å². The standard InChI is InChI=1S/C16H25NO/c1-11(2)10-18-15-14(12-6-7-12)8-13(9-17-15)16(3,4)5/h8-9,11-12H,6-7,10H2,1-5H3. The molecule has 1 saturated carbocycles. The van der Waals surface area contributed by atoms with E-state index in [9.17, 15) is 0 Å². The fourth-order valence-corrected chi connectivity index (χ4v) is 1.93. The van der Waals surface area contributed by atoms with Crippen LogP contribution < -0.4 is 4.74 Å². The summed E-state index contributed by atoms with van der Waals surface area (Å²) in [5, 5.41) is 0. The third-order valence-corrected chi connectivity index (χ3v) is 3.32. The van der Waals surface area contributed by atoms with Gasteiger partial charge in [-0.1, -0.05) is 34.6 Å². The highest BCUT2D eigenvalue weighted by molar-refractivity contribution is 5.38. The van der Waals surface area contributed by atoms with E-state index in [1.54, 1.807) is 0 Å². The Bertz CT molecular complexity index is 414. The summed E-state index contributed by atoms with van der Waals surface area (Å²) in [4.78, 5) is 4.56. The zero-order valence-electron chi connectivity index (χ0n) is 12.3. The van der Waals surface area contributed by atoms with E-state index in [2.05, 4.69) is 45.7 Å². The van der Waals surface area contributed by atoms with E-state index < -0.39 is 0 Å². The number of aromatic nitrogens is 1. The van der Waals surface area contributed by atoms with Crippen molar-refractivity contribution in [3.05, 3.63) is 23.4 Å². The van der Waals surface area contributed by atoms with Crippen LogP contribution in [-0.4, -0.2) is 11.6 Å². The SMILES string of the molecule is CC(C)COc1ncc(C(C)(C)C)cc1C1CC1. The van der Waals surface area contributed by atoms with Crippen molar-refractivity contribution in [1.82, 2.24) is 4.98 Å². The number of nitrogens with zero attached hydrogens (tertiary/aromatic N) is 1. The van der Waals surface area contributed by atoms with Crippen molar-refractivity contribution in [3.8, 4) is 5.88 Å². The van der Waals surface area contributed by atoms with E-state index in [1.807, 2.05) is 6.20 Å². The molecule has 0 atom stereocenters. The van der Waals surface area contributed by atoms with E-state index in [-0.39, 0.29) is 5.41 Å². The van der Waals surface area contributed by atoms with Crippen LogP contribution in [0, 0.1) is 5.92 Å². The molecule has 1 aliphatic rings. The van der Waals surface area contributed by atoms with Crippen LogP contribution in [0.3, 0.4) is 0 Å². The fourth-order valence-electron chi connectivity index (χ4n) is 1.93. The summed E-state index contributed by atoms with van der Waals surface area (Å²) >= 11 is 0. The lowest BCUT2D eigenvalue weighted by atomic mass is 9.87. The van der Waals surface area contributed by atoms with Gasteiger partial charge in [0.05, 0.1) is 6.61 Å². The van der Waals surface area contributed by atoms with Gasteiger partial charge in [0, 0.05) is 11.8 Å². The topological polar surface area (TPSA) is 22.1 Å². The van der Waals surface area contributed by atoms with Crippen molar-refractivity contribution in [3.63, 3.8) is 0 Å². The van der Waals surface area contributed by atoms with Crippen LogP contribution >= 0.6 is 0 Å². The Morgan fingerprint density at radius 1 is 1.33 bits per heavy atom. The maximum atomic E-state index is 5.86. The molecule has 0 amide bonds. The summed E-state index contributed by atoms with van der Waals surface area (Å²) in [7, 11) is 0. The predicted octanol–water partition coefficient (Wildman–Crippen LogP) is 4.29. The quantitative estimate of drug-likeness (QED) is 0.791. The second-order valence-corrected chi connectivity index (χ2v) is 6.85. The highest BCUT2D eigenvalue weighted by atomic mass is 16.5. The molecule has 1 fully saturated rings. The Morgan fingerprint density at radius 2 is 2.00 bits per heavy atom. The Balaban J connectivity index is 2.24. The molecule has 0 bridgehead atoms. The van der Waals surface area contributed by atoms with Gasteiger partial charge < -0.3 is 4.74 Å². The third-order valence-electron chi connectivity index (χ3n) is 3.32. The van der Waals surface area contributed by atoms with E-state index in [1.165, 1.54) is 24.0 Å². The molecule has 1 heterocycles.